The molecule has 1 aromatic heterocycles. The number of rotatable bonds is 3. The highest BCUT2D eigenvalue weighted by molar-refractivity contribution is 6.43. The summed E-state index contributed by atoms with van der Waals surface area (Å²) in [5.74, 6) is -0.330. The zero-order chi connectivity index (χ0) is 14.8. The van der Waals surface area contributed by atoms with E-state index < -0.39 is 0 Å². The molecule has 7 heteroatoms. The van der Waals surface area contributed by atoms with Gasteiger partial charge in [0.15, 0.2) is 5.69 Å². The van der Waals surface area contributed by atoms with Gasteiger partial charge in [-0.1, -0.05) is 35.3 Å². The van der Waals surface area contributed by atoms with E-state index in [2.05, 4.69) is 20.7 Å². The number of hydrazone groups is 1. The smallest absolute Gasteiger partial charge is 0.281 e. The van der Waals surface area contributed by atoms with Gasteiger partial charge in [0.25, 0.3) is 5.91 Å². The zero-order valence-corrected chi connectivity index (χ0v) is 12.5. The molecule has 0 unspecified atom stereocenters. The van der Waals surface area contributed by atoms with E-state index in [1.807, 2.05) is 0 Å². The third-order valence-electron chi connectivity index (χ3n) is 3.37. The number of halogens is 2. The Hall–Kier alpha value is -1.85. The third kappa shape index (κ3) is 2.80. The van der Waals surface area contributed by atoms with Crippen LogP contribution in [0.1, 0.15) is 33.7 Å². The minimum Gasteiger partial charge on any atom is -0.281 e. The standard InChI is InChI=1S/C14H12Cl2N4O/c15-10-5-1-3-8(12(10)16)7-17-20-14(21)13-9-4-2-6-11(9)18-19-13/h1,3,5,7H,2,4,6H2,(H,18,19)(H,20,21)/b17-7+. The third-order valence-corrected chi connectivity index (χ3v) is 4.21. The fraction of sp³-hybridized carbons (Fsp3) is 0.214. The van der Waals surface area contributed by atoms with E-state index in [9.17, 15) is 4.79 Å². The van der Waals surface area contributed by atoms with Gasteiger partial charge in [-0.2, -0.15) is 10.2 Å². The van der Waals surface area contributed by atoms with Crippen LogP contribution in [0, 0.1) is 0 Å². The average molecular weight is 323 g/mol. The van der Waals surface area contributed by atoms with Gasteiger partial charge in [0.05, 0.1) is 16.3 Å². The van der Waals surface area contributed by atoms with Gasteiger partial charge >= 0.3 is 0 Å². The molecule has 1 aliphatic rings. The second-order valence-electron chi connectivity index (χ2n) is 4.73. The maximum atomic E-state index is 12.0. The fourth-order valence-electron chi connectivity index (χ4n) is 2.34. The van der Waals surface area contributed by atoms with E-state index in [1.54, 1.807) is 18.2 Å². The van der Waals surface area contributed by atoms with E-state index in [-0.39, 0.29) is 5.91 Å². The number of nitrogens with zero attached hydrogens (tertiary/aromatic N) is 2. The average Bonchev–Trinajstić information content (AvgIpc) is 3.06. The number of aromatic amines is 1. The highest BCUT2D eigenvalue weighted by Crippen LogP contribution is 2.24. The molecule has 108 valence electrons. The number of aryl methyl sites for hydroxylation is 1. The molecule has 0 saturated heterocycles. The summed E-state index contributed by atoms with van der Waals surface area (Å²) in [5.41, 5.74) is 5.54. The maximum Gasteiger partial charge on any atom is 0.292 e. The van der Waals surface area contributed by atoms with Gasteiger partial charge in [-0.25, -0.2) is 5.43 Å². The number of aromatic nitrogens is 2. The van der Waals surface area contributed by atoms with E-state index in [0.717, 1.165) is 30.5 Å². The predicted molar refractivity (Wildman–Crippen MR) is 82.1 cm³/mol. The Labute approximate surface area is 131 Å². The van der Waals surface area contributed by atoms with Crippen LogP contribution in [0.5, 0.6) is 0 Å². The number of H-pyrrole nitrogens is 1. The molecule has 0 saturated carbocycles. The molecular weight excluding hydrogens is 311 g/mol. The van der Waals surface area contributed by atoms with Gasteiger partial charge in [-0.15, -0.1) is 0 Å². The molecular formula is C14H12Cl2N4O. The van der Waals surface area contributed by atoms with Crippen molar-refractivity contribution in [2.45, 2.75) is 19.3 Å². The summed E-state index contributed by atoms with van der Waals surface area (Å²) in [5, 5.41) is 11.7. The van der Waals surface area contributed by atoms with Gasteiger partial charge in [-0.3, -0.25) is 9.89 Å². The first-order valence-electron chi connectivity index (χ1n) is 6.50. The molecule has 5 nitrogen and oxygen atoms in total. The Morgan fingerprint density at radius 2 is 2.24 bits per heavy atom. The number of amides is 1. The van der Waals surface area contributed by atoms with Crippen LogP contribution in [-0.4, -0.2) is 22.3 Å². The predicted octanol–water partition coefficient (Wildman–Crippen LogP) is 2.97. The molecule has 2 N–H and O–H groups in total. The first kappa shape index (κ1) is 14.1. The minimum atomic E-state index is -0.330. The highest BCUT2D eigenvalue weighted by Gasteiger charge is 2.22. The van der Waals surface area contributed by atoms with Crippen LogP contribution in [0.4, 0.5) is 0 Å². The quantitative estimate of drug-likeness (QED) is 0.673. The van der Waals surface area contributed by atoms with Crippen molar-refractivity contribution in [2.75, 3.05) is 0 Å². The van der Waals surface area contributed by atoms with Crippen LogP contribution in [-0.2, 0) is 12.8 Å². The summed E-state index contributed by atoms with van der Waals surface area (Å²) in [6.45, 7) is 0. The number of carbonyl (C=O) groups is 1. The molecule has 1 aromatic carbocycles. The van der Waals surface area contributed by atoms with Crippen LogP contribution in [0.3, 0.4) is 0 Å². The Balaban J connectivity index is 1.71. The van der Waals surface area contributed by atoms with Gasteiger partial charge in [0, 0.05) is 16.8 Å². The normalized spacial score (nSPS) is 13.6. The van der Waals surface area contributed by atoms with E-state index in [0.29, 0.717) is 21.3 Å². The first-order valence-corrected chi connectivity index (χ1v) is 7.26. The Bertz CT molecular complexity index is 724. The lowest BCUT2D eigenvalue weighted by molar-refractivity contribution is 0.0949. The molecule has 0 fully saturated rings. The van der Waals surface area contributed by atoms with E-state index in [1.165, 1.54) is 6.21 Å². The Morgan fingerprint density at radius 1 is 1.38 bits per heavy atom. The van der Waals surface area contributed by atoms with Crippen LogP contribution in [0.15, 0.2) is 23.3 Å². The lowest BCUT2D eigenvalue weighted by Crippen LogP contribution is -2.19. The van der Waals surface area contributed by atoms with E-state index >= 15 is 0 Å². The van der Waals surface area contributed by atoms with Crippen molar-refractivity contribution in [3.63, 3.8) is 0 Å². The van der Waals surface area contributed by atoms with Crippen LogP contribution >= 0.6 is 23.2 Å². The second kappa shape index (κ2) is 5.87. The summed E-state index contributed by atoms with van der Waals surface area (Å²) in [6, 6.07) is 5.21. The molecule has 21 heavy (non-hydrogen) atoms. The van der Waals surface area contributed by atoms with Gasteiger partial charge in [0.2, 0.25) is 0 Å². The molecule has 0 atom stereocenters. The number of nitrogens with one attached hydrogen (secondary N) is 2. The Morgan fingerprint density at radius 3 is 3.10 bits per heavy atom. The lowest BCUT2D eigenvalue weighted by atomic mass is 10.2. The molecule has 0 bridgehead atoms. The summed E-state index contributed by atoms with van der Waals surface area (Å²) in [6.07, 6.45) is 4.32. The van der Waals surface area contributed by atoms with Crippen LogP contribution < -0.4 is 5.43 Å². The highest BCUT2D eigenvalue weighted by atomic mass is 35.5. The van der Waals surface area contributed by atoms with Crippen molar-refractivity contribution in [3.8, 4) is 0 Å². The molecule has 0 radical (unpaired) electrons. The number of hydrogen-bond acceptors (Lipinski definition) is 3. The van der Waals surface area contributed by atoms with Crippen molar-refractivity contribution in [1.82, 2.24) is 15.6 Å². The maximum absolute atomic E-state index is 12.0. The summed E-state index contributed by atoms with van der Waals surface area (Å²) in [4.78, 5) is 12.0. The molecule has 0 aliphatic heterocycles. The SMILES string of the molecule is O=C(N/N=C/c1cccc(Cl)c1Cl)c1n[nH]c2c1CCC2. The summed E-state index contributed by atoms with van der Waals surface area (Å²) in [7, 11) is 0. The molecule has 1 heterocycles. The monoisotopic (exact) mass is 322 g/mol. The molecule has 2 aromatic rings. The summed E-state index contributed by atoms with van der Waals surface area (Å²) >= 11 is 11.9. The van der Waals surface area contributed by atoms with Crippen molar-refractivity contribution in [1.29, 1.82) is 0 Å². The topological polar surface area (TPSA) is 70.1 Å². The molecule has 0 spiro atoms. The fourth-order valence-corrected chi connectivity index (χ4v) is 2.70. The van der Waals surface area contributed by atoms with E-state index in [4.69, 9.17) is 23.2 Å². The van der Waals surface area contributed by atoms with Crippen molar-refractivity contribution in [3.05, 3.63) is 50.8 Å². The first-order chi connectivity index (χ1) is 10.2. The molecule has 1 aliphatic carbocycles. The largest absolute Gasteiger partial charge is 0.292 e. The summed E-state index contributed by atoms with van der Waals surface area (Å²) < 4.78 is 0. The van der Waals surface area contributed by atoms with Crippen molar-refractivity contribution >= 4 is 35.3 Å². The number of carbonyl (C=O) groups excluding carboxylic acids is 1. The van der Waals surface area contributed by atoms with Crippen LogP contribution in [0.25, 0.3) is 0 Å². The number of hydrogen-bond donors (Lipinski definition) is 2. The van der Waals surface area contributed by atoms with Crippen molar-refractivity contribution < 1.29 is 4.79 Å². The van der Waals surface area contributed by atoms with Gasteiger partial charge in [0.1, 0.15) is 0 Å². The van der Waals surface area contributed by atoms with Gasteiger partial charge < -0.3 is 0 Å². The number of benzene rings is 1. The molecule has 3 rings (SSSR count). The van der Waals surface area contributed by atoms with Crippen LogP contribution in [0.2, 0.25) is 10.0 Å². The zero-order valence-electron chi connectivity index (χ0n) is 11.0. The Kier molecular flexibility index (Phi) is 3.94. The molecule has 1 amide bonds. The number of fused-ring (bicyclic) bond motifs is 1. The second-order valence-corrected chi connectivity index (χ2v) is 5.51. The van der Waals surface area contributed by atoms with Crippen molar-refractivity contribution in [2.24, 2.45) is 5.10 Å². The minimum absolute atomic E-state index is 0.330. The lowest BCUT2D eigenvalue weighted by Gasteiger charge is -2.00. The van der Waals surface area contributed by atoms with Gasteiger partial charge in [-0.05, 0) is 25.3 Å².